The third kappa shape index (κ3) is 4.13. The summed E-state index contributed by atoms with van der Waals surface area (Å²) in [6.45, 7) is 3.40. The van der Waals surface area contributed by atoms with Crippen molar-refractivity contribution in [2.75, 3.05) is 33.9 Å². The van der Waals surface area contributed by atoms with Gasteiger partial charge in [0.2, 0.25) is 0 Å². The van der Waals surface area contributed by atoms with Crippen molar-refractivity contribution in [2.24, 2.45) is 5.73 Å². The van der Waals surface area contributed by atoms with Crippen molar-refractivity contribution < 1.29 is 9.13 Å². The molecule has 5 nitrogen and oxygen atoms in total. The summed E-state index contributed by atoms with van der Waals surface area (Å²) in [4.78, 5) is 2.14. The number of ether oxygens (including phenoxy) is 1. The molecule has 120 valence electrons. The van der Waals surface area contributed by atoms with Crippen LogP contribution in [0, 0.1) is 5.82 Å². The van der Waals surface area contributed by atoms with Crippen LogP contribution in [0.4, 0.5) is 4.39 Å². The summed E-state index contributed by atoms with van der Waals surface area (Å²) in [5.41, 5.74) is 8.65. The SMILES string of the molecule is COCCn1ncc(CN(C)CCN)c1-c1ccc(F)cc1. The second kappa shape index (κ2) is 8.03. The van der Waals surface area contributed by atoms with Gasteiger partial charge in [0.05, 0.1) is 25.0 Å². The molecule has 2 aromatic rings. The van der Waals surface area contributed by atoms with E-state index in [1.54, 1.807) is 19.2 Å². The van der Waals surface area contributed by atoms with E-state index in [9.17, 15) is 4.39 Å². The summed E-state index contributed by atoms with van der Waals surface area (Å²) in [6, 6.07) is 6.50. The summed E-state index contributed by atoms with van der Waals surface area (Å²) in [5, 5.41) is 4.45. The highest BCUT2D eigenvalue weighted by Gasteiger charge is 2.14. The fourth-order valence-electron chi connectivity index (χ4n) is 2.42. The first-order valence-electron chi connectivity index (χ1n) is 7.34. The molecule has 0 aliphatic carbocycles. The molecule has 0 unspecified atom stereocenters. The first kappa shape index (κ1) is 16.6. The lowest BCUT2D eigenvalue weighted by Gasteiger charge is -2.16. The van der Waals surface area contributed by atoms with Gasteiger partial charge in [-0.15, -0.1) is 0 Å². The molecule has 2 rings (SSSR count). The molecule has 0 saturated heterocycles. The van der Waals surface area contributed by atoms with E-state index >= 15 is 0 Å². The smallest absolute Gasteiger partial charge is 0.123 e. The molecule has 2 N–H and O–H groups in total. The molecule has 0 spiro atoms. The van der Waals surface area contributed by atoms with Crippen molar-refractivity contribution in [1.29, 1.82) is 0 Å². The van der Waals surface area contributed by atoms with Crippen LogP contribution in [0.3, 0.4) is 0 Å². The van der Waals surface area contributed by atoms with Gasteiger partial charge in [0, 0.05) is 37.9 Å². The number of aromatic nitrogens is 2. The number of likely N-dealkylation sites (N-methyl/N-ethyl adjacent to an activating group) is 1. The van der Waals surface area contributed by atoms with Crippen LogP contribution in [-0.2, 0) is 17.8 Å². The lowest BCUT2D eigenvalue weighted by Crippen LogP contribution is -2.25. The zero-order valence-electron chi connectivity index (χ0n) is 13.1. The van der Waals surface area contributed by atoms with Gasteiger partial charge in [-0.1, -0.05) is 0 Å². The number of halogens is 1. The maximum absolute atomic E-state index is 13.2. The molecule has 1 aromatic heterocycles. The Labute approximate surface area is 130 Å². The van der Waals surface area contributed by atoms with Gasteiger partial charge >= 0.3 is 0 Å². The number of nitrogens with zero attached hydrogens (tertiary/aromatic N) is 3. The van der Waals surface area contributed by atoms with Crippen LogP contribution in [-0.4, -0.2) is 48.5 Å². The van der Waals surface area contributed by atoms with Gasteiger partial charge in [0.25, 0.3) is 0 Å². The quantitative estimate of drug-likeness (QED) is 0.807. The summed E-state index contributed by atoms with van der Waals surface area (Å²) in [6.07, 6.45) is 1.86. The molecule has 0 bridgehead atoms. The number of hydrogen-bond donors (Lipinski definition) is 1. The number of methoxy groups -OCH3 is 1. The van der Waals surface area contributed by atoms with Gasteiger partial charge in [-0.2, -0.15) is 5.10 Å². The fourth-order valence-corrected chi connectivity index (χ4v) is 2.42. The third-order valence-electron chi connectivity index (χ3n) is 3.49. The second-order valence-electron chi connectivity index (χ2n) is 5.27. The van der Waals surface area contributed by atoms with E-state index in [0.717, 1.165) is 29.9 Å². The Hall–Kier alpha value is -1.76. The largest absolute Gasteiger partial charge is 0.383 e. The highest BCUT2D eigenvalue weighted by Crippen LogP contribution is 2.25. The molecule has 0 radical (unpaired) electrons. The van der Waals surface area contributed by atoms with E-state index < -0.39 is 0 Å². The van der Waals surface area contributed by atoms with Gasteiger partial charge in [-0.25, -0.2) is 4.39 Å². The van der Waals surface area contributed by atoms with Crippen LogP contribution >= 0.6 is 0 Å². The average molecular weight is 306 g/mol. The Bertz CT molecular complexity index is 582. The molecule has 0 fully saturated rings. The Morgan fingerprint density at radius 2 is 2.05 bits per heavy atom. The molecule has 1 aromatic carbocycles. The molecule has 0 atom stereocenters. The van der Waals surface area contributed by atoms with Gasteiger partial charge in [0.1, 0.15) is 5.82 Å². The van der Waals surface area contributed by atoms with Crippen LogP contribution in [0.2, 0.25) is 0 Å². The first-order chi connectivity index (χ1) is 10.7. The molecule has 0 aliphatic heterocycles. The molecular weight excluding hydrogens is 283 g/mol. The highest BCUT2D eigenvalue weighted by atomic mass is 19.1. The number of rotatable bonds is 8. The second-order valence-corrected chi connectivity index (χ2v) is 5.27. The number of nitrogens with two attached hydrogens (primary N) is 1. The van der Waals surface area contributed by atoms with Crippen molar-refractivity contribution >= 4 is 0 Å². The van der Waals surface area contributed by atoms with Crippen LogP contribution < -0.4 is 5.73 Å². The number of benzene rings is 1. The predicted molar refractivity (Wildman–Crippen MR) is 84.9 cm³/mol. The Kier molecular flexibility index (Phi) is 6.06. The average Bonchev–Trinajstić information content (AvgIpc) is 2.89. The summed E-state index contributed by atoms with van der Waals surface area (Å²) in [5.74, 6) is -0.242. The Balaban J connectivity index is 2.32. The molecule has 0 saturated carbocycles. The summed E-state index contributed by atoms with van der Waals surface area (Å²) < 4.78 is 20.2. The van der Waals surface area contributed by atoms with E-state index in [2.05, 4.69) is 10.00 Å². The van der Waals surface area contributed by atoms with Crippen molar-refractivity contribution in [1.82, 2.24) is 14.7 Å². The van der Waals surface area contributed by atoms with E-state index in [4.69, 9.17) is 10.5 Å². The van der Waals surface area contributed by atoms with Crippen LogP contribution in [0.5, 0.6) is 0 Å². The normalized spacial score (nSPS) is 11.3. The standard InChI is InChI=1S/C16H23FN4O/c1-20(8-7-18)12-14-11-19-21(9-10-22-2)16(14)13-3-5-15(17)6-4-13/h3-6,11H,7-10,12,18H2,1-2H3. The third-order valence-corrected chi connectivity index (χ3v) is 3.49. The molecule has 6 heteroatoms. The Morgan fingerprint density at radius 1 is 1.32 bits per heavy atom. The van der Waals surface area contributed by atoms with Crippen molar-refractivity contribution in [3.63, 3.8) is 0 Å². The van der Waals surface area contributed by atoms with Crippen LogP contribution in [0.25, 0.3) is 11.3 Å². The minimum Gasteiger partial charge on any atom is -0.383 e. The predicted octanol–water partition coefficient (Wildman–Crippen LogP) is 1.73. The summed E-state index contributed by atoms with van der Waals surface area (Å²) >= 11 is 0. The van der Waals surface area contributed by atoms with Gasteiger partial charge in [0.15, 0.2) is 0 Å². The van der Waals surface area contributed by atoms with Crippen LogP contribution in [0.1, 0.15) is 5.56 Å². The van der Waals surface area contributed by atoms with Gasteiger partial charge < -0.3 is 15.4 Å². The van der Waals surface area contributed by atoms with E-state index in [1.165, 1.54) is 12.1 Å². The molecule has 1 heterocycles. The van der Waals surface area contributed by atoms with Crippen molar-refractivity contribution in [3.8, 4) is 11.3 Å². The minimum absolute atomic E-state index is 0.242. The zero-order valence-corrected chi connectivity index (χ0v) is 13.1. The number of hydrogen-bond acceptors (Lipinski definition) is 4. The molecule has 0 amide bonds. The lowest BCUT2D eigenvalue weighted by molar-refractivity contribution is 0.184. The van der Waals surface area contributed by atoms with Gasteiger partial charge in [-0.05, 0) is 31.3 Å². The Morgan fingerprint density at radius 3 is 2.68 bits per heavy atom. The highest BCUT2D eigenvalue weighted by molar-refractivity contribution is 5.63. The zero-order chi connectivity index (χ0) is 15.9. The lowest BCUT2D eigenvalue weighted by atomic mass is 10.1. The summed E-state index contributed by atoms with van der Waals surface area (Å²) in [7, 11) is 3.69. The van der Waals surface area contributed by atoms with E-state index in [-0.39, 0.29) is 5.82 Å². The minimum atomic E-state index is -0.242. The molecule has 0 aliphatic rings. The van der Waals surface area contributed by atoms with Crippen molar-refractivity contribution in [3.05, 3.63) is 41.8 Å². The maximum Gasteiger partial charge on any atom is 0.123 e. The molecular formula is C16H23FN4O. The van der Waals surface area contributed by atoms with E-state index in [1.807, 2.05) is 17.9 Å². The molecule has 22 heavy (non-hydrogen) atoms. The monoisotopic (exact) mass is 306 g/mol. The van der Waals surface area contributed by atoms with Crippen molar-refractivity contribution in [2.45, 2.75) is 13.1 Å². The first-order valence-corrected chi connectivity index (χ1v) is 7.34. The van der Waals surface area contributed by atoms with E-state index in [0.29, 0.717) is 19.7 Å². The van der Waals surface area contributed by atoms with Crippen LogP contribution in [0.15, 0.2) is 30.5 Å². The fraction of sp³-hybridized carbons (Fsp3) is 0.438. The van der Waals surface area contributed by atoms with Gasteiger partial charge in [-0.3, -0.25) is 4.68 Å². The maximum atomic E-state index is 13.2. The topological polar surface area (TPSA) is 56.3 Å².